The summed E-state index contributed by atoms with van der Waals surface area (Å²) in [6.07, 6.45) is 0. The molecule has 3 rings (SSSR count). The summed E-state index contributed by atoms with van der Waals surface area (Å²) in [5.74, 6) is 1.31. The fourth-order valence-electron chi connectivity index (χ4n) is 2.57. The van der Waals surface area contributed by atoms with Crippen molar-refractivity contribution in [2.24, 2.45) is 0 Å². The van der Waals surface area contributed by atoms with E-state index in [1.807, 2.05) is 42.5 Å². The number of hydrogen-bond donors (Lipinski definition) is 0. The van der Waals surface area contributed by atoms with Crippen molar-refractivity contribution in [2.75, 3.05) is 13.7 Å². The molecule has 0 bridgehead atoms. The second-order valence-electron chi connectivity index (χ2n) is 5.58. The number of esters is 1. The van der Waals surface area contributed by atoms with E-state index in [-0.39, 0.29) is 5.97 Å². The number of carbonyl (C=O) groups is 1. The van der Waals surface area contributed by atoms with E-state index in [4.69, 9.17) is 14.2 Å². The lowest BCUT2D eigenvalue weighted by Gasteiger charge is -2.12. The van der Waals surface area contributed by atoms with E-state index in [0.717, 1.165) is 11.1 Å². The molecule has 0 aliphatic rings. The van der Waals surface area contributed by atoms with E-state index in [0.29, 0.717) is 29.4 Å². The van der Waals surface area contributed by atoms with Gasteiger partial charge in [-0.05, 0) is 48.4 Å². The lowest BCUT2D eigenvalue weighted by molar-refractivity contribution is 0.0526. The van der Waals surface area contributed by atoms with Crippen LogP contribution in [0.5, 0.6) is 17.2 Å². The minimum Gasteiger partial charge on any atom is -0.493 e. The topological polar surface area (TPSA) is 44.8 Å². The Morgan fingerprint density at radius 3 is 2.19 bits per heavy atom. The van der Waals surface area contributed by atoms with Gasteiger partial charge in [-0.15, -0.1) is 0 Å². The van der Waals surface area contributed by atoms with Crippen molar-refractivity contribution in [2.45, 2.75) is 6.92 Å². The zero-order valence-corrected chi connectivity index (χ0v) is 14.8. The minimum atomic E-state index is -0.385. The number of methoxy groups -OCH3 is 1. The summed E-state index contributed by atoms with van der Waals surface area (Å²) in [7, 11) is 1.54. The van der Waals surface area contributed by atoms with E-state index in [1.54, 1.807) is 25.1 Å². The zero-order valence-electron chi connectivity index (χ0n) is 14.8. The van der Waals surface area contributed by atoms with Crippen LogP contribution >= 0.6 is 0 Å². The first-order chi connectivity index (χ1) is 12.7. The van der Waals surface area contributed by atoms with Gasteiger partial charge in [0.15, 0.2) is 11.5 Å². The van der Waals surface area contributed by atoms with Gasteiger partial charge in [-0.25, -0.2) is 4.79 Å². The first-order valence-corrected chi connectivity index (χ1v) is 8.39. The van der Waals surface area contributed by atoms with E-state index >= 15 is 0 Å². The van der Waals surface area contributed by atoms with E-state index < -0.39 is 0 Å². The molecule has 0 radical (unpaired) electrons. The van der Waals surface area contributed by atoms with Gasteiger partial charge in [0.1, 0.15) is 5.75 Å². The maximum absolute atomic E-state index is 11.8. The Kier molecular flexibility index (Phi) is 5.54. The Hall–Kier alpha value is -3.27. The van der Waals surface area contributed by atoms with Crippen LogP contribution in [-0.2, 0) is 4.74 Å². The number of hydrogen-bond acceptors (Lipinski definition) is 4. The molecule has 3 aromatic rings. The van der Waals surface area contributed by atoms with Gasteiger partial charge in [0, 0.05) is 0 Å². The monoisotopic (exact) mass is 348 g/mol. The molecule has 0 spiro atoms. The molecule has 0 atom stereocenters. The Balaban J connectivity index is 1.79. The standard InChI is InChI=1S/C22H20O4/c1-3-25-22(23)18-11-14-20(21(15-18)24-2)26-19-12-9-17(10-13-19)16-7-5-4-6-8-16/h4-15H,3H2,1-2H3. The highest BCUT2D eigenvalue weighted by atomic mass is 16.5. The third kappa shape index (κ3) is 4.03. The first-order valence-electron chi connectivity index (χ1n) is 8.39. The van der Waals surface area contributed by atoms with Gasteiger partial charge in [0.25, 0.3) is 0 Å². The van der Waals surface area contributed by atoms with E-state index in [2.05, 4.69) is 12.1 Å². The minimum absolute atomic E-state index is 0.327. The van der Waals surface area contributed by atoms with E-state index in [1.165, 1.54) is 7.11 Å². The van der Waals surface area contributed by atoms with Crippen molar-refractivity contribution in [3.8, 4) is 28.4 Å². The van der Waals surface area contributed by atoms with Crippen molar-refractivity contribution >= 4 is 5.97 Å². The summed E-state index contributed by atoms with van der Waals surface area (Å²) in [5, 5.41) is 0. The molecule has 0 aromatic heterocycles. The second kappa shape index (κ2) is 8.21. The van der Waals surface area contributed by atoms with Crippen molar-refractivity contribution in [3.05, 3.63) is 78.4 Å². The average molecular weight is 348 g/mol. The smallest absolute Gasteiger partial charge is 0.338 e. The Bertz CT molecular complexity index is 870. The van der Waals surface area contributed by atoms with Gasteiger partial charge in [0.05, 0.1) is 19.3 Å². The Morgan fingerprint density at radius 2 is 1.54 bits per heavy atom. The summed E-state index contributed by atoms with van der Waals surface area (Å²) in [6, 6.07) is 22.9. The van der Waals surface area contributed by atoms with Gasteiger partial charge in [-0.3, -0.25) is 0 Å². The van der Waals surface area contributed by atoms with E-state index in [9.17, 15) is 4.79 Å². The van der Waals surface area contributed by atoms with Crippen LogP contribution in [0.4, 0.5) is 0 Å². The van der Waals surface area contributed by atoms with Gasteiger partial charge >= 0.3 is 5.97 Å². The predicted octanol–water partition coefficient (Wildman–Crippen LogP) is 5.33. The van der Waals surface area contributed by atoms with Crippen LogP contribution < -0.4 is 9.47 Å². The molecule has 0 N–H and O–H groups in total. The summed E-state index contributed by atoms with van der Waals surface area (Å²) in [4.78, 5) is 11.8. The zero-order chi connectivity index (χ0) is 18.4. The summed E-state index contributed by atoms with van der Waals surface area (Å²) in [6.45, 7) is 2.10. The van der Waals surface area contributed by atoms with Gasteiger partial charge in [-0.1, -0.05) is 42.5 Å². The SMILES string of the molecule is CCOC(=O)c1ccc(Oc2ccc(-c3ccccc3)cc2)c(OC)c1. The second-order valence-corrected chi connectivity index (χ2v) is 5.58. The van der Waals surface area contributed by atoms with Gasteiger partial charge in [0.2, 0.25) is 0 Å². The van der Waals surface area contributed by atoms with Crippen molar-refractivity contribution in [3.63, 3.8) is 0 Å². The van der Waals surface area contributed by atoms with Crippen LogP contribution in [-0.4, -0.2) is 19.7 Å². The molecule has 132 valence electrons. The molecule has 4 nitrogen and oxygen atoms in total. The summed E-state index contributed by atoms with van der Waals surface area (Å²) in [5.41, 5.74) is 2.69. The number of rotatable bonds is 6. The molecule has 0 heterocycles. The molecule has 26 heavy (non-hydrogen) atoms. The molecule has 0 saturated heterocycles. The van der Waals surface area contributed by atoms with Crippen LogP contribution in [0.2, 0.25) is 0 Å². The molecule has 3 aromatic carbocycles. The van der Waals surface area contributed by atoms with Crippen LogP contribution in [0.25, 0.3) is 11.1 Å². The normalized spacial score (nSPS) is 10.2. The summed E-state index contributed by atoms with van der Waals surface area (Å²) >= 11 is 0. The molecule has 4 heteroatoms. The lowest BCUT2D eigenvalue weighted by atomic mass is 10.1. The van der Waals surface area contributed by atoms with Crippen molar-refractivity contribution < 1.29 is 19.0 Å². The molecular formula is C22H20O4. The molecule has 0 amide bonds. The number of ether oxygens (including phenoxy) is 3. The number of benzene rings is 3. The molecule has 0 aliphatic carbocycles. The Morgan fingerprint density at radius 1 is 0.846 bits per heavy atom. The van der Waals surface area contributed by atoms with Crippen molar-refractivity contribution in [1.82, 2.24) is 0 Å². The summed E-state index contributed by atoms with van der Waals surface area (Å²) < 4.78 is 16.3. The fourth-order valence-corrected chi connectivity index (χ4v) is 2.57. The lowest BCUT2D eigenvalue weighted by Crippen LogP contribution is -2.05. The Labute approximate surface area is 153 Å². The maximum atomic E-state index is 11.8. The molecule has 0 aliphatic heterocycles. The predicted molar refractivity (Wildman–Crippen MR) is 101 cm³/mol. The van der Waals surface area contributed by atoms with Crippen LogP contribution in [0.1, 0.15) is 17.3 Å². The average Bonchev–Trinajstić information content (AvgIpc) is 2.69. The first kappa shape index (κ1) is 17.5. The maximum Gasteiger partial charge on any atom is 0.338 e. The van der Waals surface area contributed by atoms with Crippen LogP contribution in [0.3, 0.4) is 0 Å². The molecular weight excluding hydrogens is 328 g/mol. The van der Waals surface area contributed by atoms with Gasteiger partial charge < -0.3 is 14.2 Å². The highest BCUT2D eigenvalue weighted by molar-refractivity contribution is 5.90. The molecule has 0 saturated carbocycles. The molecule has 0 unspecified atom stereocenters. The van der Waals surface area contributed by atoms with Gasteiger partial charge in [-0.2, -0.15) is 0 Å². The third-order valence-corrected chi connectivity index (χ3v) is 3.86. The highest BCUT2D eigenvalue weighted by Crippen LogP contribution is 2.33. The number of carbonyl (C=O) groups excluding carboxylic acids is 1. The van der Waals surface area contributed by atoms with Crippen LogP contribution in [0, 0.1) is 0 Å². The quantitative estimate of drug-likeness (QED) is 0.565. The van der Waals surface area contributed by atoms with Crippen LogP contribution in [0.15, 0.2) is 72.8 Å². The third-order valence-electron chi connectivity index (χ3n) is 3.86. The molecule has 0 fully saturated rings. The largest absolute Gasteiger partial charge is 0.493 e. The highest BCUT2D eigenvalue weighted by Gasteiger charge is 2.12. The van der Waals surface area contributed by atoms with Crippen molar-refractivity contribution in [1.29, 1.82) is 0 Å². The fraction of sp³-hybridized carbons (Fsp3) is 0.136.